The van der Waals surface area contributed by atoms with E-state index in [4.69, 9.17) is 51.1 Å². The summed E-state index contributed by atoms with van der Waals surface area (Å²) in [5.41, 5.74) is -0.737. The Kier molecular flexibility index (Phi) is 21.7. The molecule has 100 heavy (non-hydrogen) atoms. The van der Waals surface area contributed by atoms with Crippen molar-refractivity contribution in [2.45, 2.75) is 115 Å². The van der Waals surface area contributed by atoms with Gasteiger partial charge in [-0.3, -0.25) is 52.3 Å². The molecule has 2 saturated heterocycles. The number of piperidine rings is 2. The Bertz CT molecular complexity index is 4210. The van der Waals surface area contributed by atoms with Crippen LogP contribution in [0.5, 0.6) is 11.5 Å². The van der Waals surface area contributed by atoms with Gasteiger partial charge >= 0.3 is 18.7 Å². The number of benzene rings is 4. The molecular weight excluding hydrogens is 1410 g/mol. The molecule has 0 radical (unpaired) electrons. The number of alkyl halides is 6. The number of likely N-dealkylation sites (tertiary alicyclic amines) is 2. The summed E-state index contributed by atoms with van der Waals surface area (Å²) in [6.07, 6.45) is -3.57. The largest absolute Gasteiger partial charge is 0.573 e. The lowest BCUT2D eigenvalue weighted by Crippen LogP contribution is -2.51. The van der Waals surface area contributed by atoms with E-state index < -0.39 is 88.8 Å². The molecule has 2 aromatic heterocycles. The van der Waals surface area contributed by atoms with Gasteiger partial charge in [0.05, 0.1) is 30.4 Å². The van der Waals surface area contributed by atoms with Crippen LogP contribution in [0.15, 0.2) is 109 Å². The van der Waals surface area contributed by atoms with Crippen molar-refractivity contribution >= 4 is 123 Å². The third-order valence-electron chi connectivity index (χ3n) is 17.6. The number of esters is 1. The first-order chi connectivity index (χ1) is 47.1. The summed E-state index contributed by atoms with van der Waals surface area (Å²) < 4.78 is 92.2. The fourth-order valence-electron chi connectivity index (χ4n) is 13.0. The minimum Gasteiger partial charge on any atom is -0.466 e. The van der Waals surface area contributed by atoms with Crippen molar-refractivity contribution in [3.63, 3.8) is 0 Å². The lowest BCUT2D eigenvalue weighted by atomic mass is 9.90. The Morgan fingerprint density at radius 3 is 1.45 bits per heavy atom. The first-order valence-corrected chi connectivity index (χ1v) is 33.0. The van der Waals surface area contributed by atoms with Crippen molar-refractivity contribution in [1.29, 1.82) is 0 Å². The quantitative estimate of drug-likeness (QED) is 0.0387. The molecule has 2 fully saturated rings. The number of carbonyl (C=O) groups excluding carboxylic acids is 9. The zero-order valence-electron chi connectivity index (χ0n) is 54.1. The Labute approximate surface area is 587 Å². The van der Waals surface area contributed by atoms with Crippen LogP contribution in [-0.4, -0.2) is 146 Å². The van der Waals surface area contributed by atoms with Crippen LogP contribution in [-0.2, 0) is 62.2 Å². The lowest BCUT2D eigenvalue weighted by molar-refractivity contribution is -0.275. The summed E-state index contributed by atoms with van der Waals surface area (Å²) in [5, 5.41) is 9.14. The predicted octanol–water partition coefficient (Wildman–Crippen LogP) is 10.7. The van der Waals surface area contributed by atoms with E-state index in [0.717, 1.165) is 42.7 Å². The molecule has 7 amide bonds. The molecule has 0 aliphatic carbocycles. The second-order valence-corrected chi connectivity index (χ2v) is 26.6. The van der Waals surface area contributed by atoms with Crippen LogP contribution in [0.25, 0.3) is 0 Å². The van der Waals surface area contributed by atoms with Gasteiger partial charge in [0.1, 0.15) is 58.3 Å². The fraction of sp³-hybridized carbons (Fsp3) is 0.388. The highest BCUT2D eigenvalue weighted by Crippen LogP contribution is 2.46. The van der Waals surface area contributed by atoms with Crippen molar-refractivity contribution < 1.29 is 83.7 Å². The average molecular weight is 1470 g/mol. The maximum atomic E-state index is 14.3. The van der Waals surface area contributed by atoms with Gasteiger partial charge in [0.15, 0.2) is 0 Å². The van der Waals surface area contributed by atoms with Gasteiger partial charge in [0.25, 0.3) is 23.6 Å². The van der Waals surface area contributed by atoms with Crippen molar-refractivity contribution in [2.24, 2.45) is 11.8 Å². The van der Waals surface area contributed by atoms with Crippen LogP contribution >= 0.6 is 46.4 Å². The highest BCUT2D eigenvalue weighted by Gasteiger charge is 2.53. The molecule has 23 nitrogen and oxygen atoms in total. The standard InChI is InChI=1S/C34H34Cl2F3N5O7.C33H31Cl2F3N6O5/c1-4-50-28(46)15-27(45)21-6-5-11-42(18-21)30(48)19(2)41-29(47)26-17-40-32-43(24-13-22(35)12-23(36)14-24)31(49)33(3,44(26)32)16-20-7-9-25(10-8-20)51-34(37,38)39;1-18(29(47)42-9-3-4-20(17-42)21-10-27(45)39-15-21)41-28(46)26-16-40-31-43(24-12-22(34)11-23(35)13-24)30(48)32(2,44(26)31)14-19-5-7-25(8-6-19)49-33(36,37)38/h7-10,12-14,17,19,21H,4-6,11,15-16,18H2,1-3H3,(H,41,47);5-8,10-13,16,18,20H,3-4,9,14-15,17H2,1-2H3,(H,39,45)(H,41,46)/t19-,21+,33+;18?,20?,32-/m01/s1. The molecule has 530 valence electrons. The molecule has 6 atom stereocenters. The van der Waals surface area contributed by atoms with E-state index in [0.29, 0.717) is 50.1 Å². The minimum absolute atomic E-state index is 0.0182. The normalized spacial score (nSPS) is 20.3. The average Bonchev–Trinajstić information content (AvgIpc) is 1.56. The van der Waals surface area contributed by atoms with Crippen molar-refractivity contribution in [3.05, 3.63) is 152 Å². The van der Waals surface area contributed by atoms with Crippen LogP contribution in [0, 0.1) is 11.8 Å². The monoisotopic (exact) mass is 1470 g/mol. The van der Waals surface area contributed by atoms with E-state index in [9.17, 15) is 69.5 Å². The van der Waals surface area contributed by atoms with E-state index in [1.165, 1.54) is 104 Å². The van der Waals surface area contributed by atoms with Crippen molar-refractivity contribution in [2.75, 3.05) is 49.1 Å². The third kappa shape index (κ3) is 16.3. The van der Waals surface area contributed by atoms with Gasteiger partial charge in [-0.25, -0.2) is 19.8 Å². The Morgan fingerprint density at radius 2 is 1.05 bits per heavy atom. The first-order valence-electron chi connectivity index (χ1n) is 31.5. The predicted molar refractivity (Wildman–Crippen MR) is 352 cm³/mol. The van der Waals surface area contributed by atoms with E-state index in [1.54, 1.807) is 38.7 Å². The number of carbonyl (C=O) groups is 9. The molecule has 2 unspecified atom stereocenters. The molecule has 33 heteroatoms. The number of fused-ring (bicyclic) bond motifs is 2. The van der Waals surface area contributed by atoms with E-state index in [2.05, 4.69) is 35.4 Å². The number of aromatic nitrogens is 4. The highest BCUT2D eigenvalue weighted by molar-refractivity contribution is 6.36. The number of halogens is 10. The molecule has 5 aliphatic rings. The number of imidazole rings is 2. The zero-order valence-corrected chi connectivity index (χ0v) is 57.1. The molecule has 7 heterocycles. The van der Waals surface area contributed by atoms with Gasteiger partial charge in [-0.1, -0.05) is 70.7 Å². The van der Waals surface area contributed by atoms with E-state index >= 15 is 0 Å². The summed E-state index contributed by atoms with van der Waals surface area (Å²) in [6, 6.07) is 17.0. The Hall–Kier alpha value is -9.19. The number of anilines is 4. The second kappa shape index (κ2) is 29.6. The number of ether oxygens (including phenoxy) is 3. The summed E-state index contributed by atoms with van der Waals surface area (Å²) in [5.74, 6) is -5.57. The van der Waals surface area contributed by atoms with Crippen LogP contribution < -0.4 is 35.2 Å². The van der Waals surface area contributed by atoms with Crippen molar-refractivity contribution in [3.8, 4) is 11.5 Å². The third-order valence-corrected chi connectivity index (χ3v) is 18.4. The van der Waals surface area contributed by atoms with E-state index in [-0.39, 0.29) is 111 Å². The molecule has 4 aromatic carbocycles. The summed E-state index contributed by atoms with van der Waals surface area (Å²) in [4.78, 5) is 134. The highest BCUT2D eigenvalue weighted by atomic mass is 35.5. The number of nitrogens with zero attached hydrogens (tertiary/aromatic N) is 8. The van der Waals surface area contributed by atoms with Crippen LogP contribution in [0.3, 0.4) is 0 Å². The molecule has 0 bridgehead atoms. The SMILES string of the molecule is CC(NC(=O)c1cnc2n1[C@](C)(Cc1ccc(OC(F)(F)F)cc1)C(=O)N2c1cc(Cl)cc(Cl)c1)C(=O)N1CCCC(C2=CC(=O)NC2)C1.CCOC(=O)CC(=O)[C@@H]1CCCN(C(=O)[C@H](C)NC(=O)c2cnc3n2[C@](C)(Cc2ccc(OC(F)(F)F)cc2)C(=O)N3c2cc(Cl)cc(Cl)c2)C1. The maximum absolute atomic E-state index is 14.3. The molecule has 3 N–H and O–H groups in total. The molecule has 5 aliphatic heterocycles. The summed E-state index contributed by atoms with van der Waals surface area (Å²) in [7, 11) is 0. The van der Waals surface area contributed by atoms with E-state index in [1.807, 2.05) is 0 Å². The molecule has 11 rings (SSSR count). The lowest BCUT2D eigenvalue weighted by Gasteiger charge is -2.35. The number of ketones is 1. The van der Waals surface area contributed by atoms with Crippen molar-refractivity contribution in [1.82, 2.24) is 44.9 Å². The second-order valence-electron chi connectivity index (χ2n) is 24.9. The van der Waals surface area contributed by atoms with Crippen LogP contribution in [0.2, 0.25) is 20.1 Å². The molecule has 0 spiro atoms. The number of rotatable bonds is 19. The van der Waals surface area contributed by atoms with Gasteiger partial charge in [-0.15, -0.1) is 26.3 Å². The zero-order chi connectivity index (χ0) is 72.5. The number of amides is 7. The van der Waals surface area contributed by atoms with Crippen LogP contribution in [0.4, 0.5) is 49.6 Å². The molecule has 0 saturated carbocycles. The topological polar surface area (TPSA) is 266 Å². The van der Waals surface area contributed by atoms with Gasteiger partial charge < -0.3 is 40.0 Å². The number of hydrogen-bond acceptors (Lipinski definition) is 14. The summed E-state index contributed by atoms with van der Waals surface area (Å²) >= 11 is 25.0. The number of nitrogens with one attached hydrogen (secondary N) is 3. The fourth-order valence-corrected chi connectivity index (χ4v) is 14.1. The smallest absolute Gasteiger partial charge is 0.466 e. The van der Waals surface area contributed by atoms with Gasteiger partial charge in [-0.2, -0.15) is 0 Å². The van der Waals surface area contributed by atoms with Gasteiger partial charge in [0.2, 0.25) is 29.6 Å². The van der Waals surface area contributed by atoms with Crippen LogP contribution in [0.1, 0.15) is 98.8 Å². The minimum atomic E-state index is -4.89. The maximum Gasteiger partial charge on any atom is 0.573 e. The number of hydrogen-bond donors (Lipinski definition) is 3. The van der Waals surface area contributed by atoms with Gasteiger partial charge in [-0.05, 0) is 144 Å². The molecule has 6 aromatic rings. The van der Waals surface area contributed by atoms with Gasteiger partial charge in [0, 0.05) is 77.6 Å². The Balaban J connectivity index is 0.000000216. The summed E-state index contributed by atoms with van der Waals surface area (Å²) in [6.45, 7) is 9.78. The number of Topliss-reactive ketones (excluding diaryl/α,β-unsaturated/α-hetero) is 1. The Morgan fingerprint density at radius 1 is 0.630 bits per heavy atom. The first kappa shape index (κ1) is 73.5. The molecular formula is C67H65Cl4F6N11O12.